The van der Waals surface area contributed by atoms with Gasteiger partial charge in [-0.25, -0.2) is 0 Å². The van der Waals surface area contributed by atoms with Crippen LogP contribution < -0.4 is 10.6 Å². The minimum atomic E-state index is -0.729. The molecule has 0 aliphatic rings. The molecule has 0 aliphatic carbocycles. The van der Waals surface area contributed by atoms with Gasteiger partial charge in [-0.2, -0.15) is 0 Å². The Morgan fingerprint density at radius 3 is 1.89 bits per heavy atom. The van der Waals surface area contributed by atoms with Crippen LogP contribution in [0.3, 0.4) is 0 Å². The maximum atomic E-state index is 12.4. The standard InChI is InChI=1S/C22H44N2O4/c1-19(2,3)22(8,27-14-11-23-9)28-15-12-24-18(26)16-21(6,7)17-20(4,5)10-13-25/h13,23H,10-12,14-17H2,1-9H3,(H,24,26). The van der Waals surface area contributed by atoms with E-state index >= 15 is 0 Å². The molecule has 1 atom stereocenters. The lowest BCUT2D eigenvalue weighted by Crippen LogP contribution is -2.47. The quantitative estimate of drug-likeness (QED) is 0.265. The molecule has 0 fully saturated rings. The summed E-state index contributed by atoms with van der Waals surface area (Å²) >= 11 is 0. The van der Waals surface area contributed by atoms with Gasteiger partial charge in [-0.05, 0) is 31.2 Å². The first-order valence-corrected chi connectivity index (χ1v) is 10.3. The summed E-state index contributed by atoms with van der Waals surface area (Å²) in [4.78, 5) is 23.2. The Hall–Kier alpha value is -0.980. The zero-order valence-electron chi connectivity index (χ0n) is 19.7. The molecule has 0 aromatic heterocycles. The van der Waals surface area contributed by atoms with Crippen LogP contribution in [-0.2, 0) is 19.1 Å². The first-order valence-electron chi connectivity index (χ1n) is 10.3. The SMILES string of the molecule is CNCCOC(C)(OCCNC(=O)CC(C)(C)CC(C)(C)CC=O)C(C)(C)C. The number of amides is 1. The molecule has 6 nitrogen and oxygen atoms in total. The minimum Gasteiger partial charge on any atom is -0.354 e. The highest BCUT2D eigenvalue weighted by molar-refractivity contribution is 5.76. The normalized spacial score (nSPS) is 15.2. The first-order chi connectivity index (χ1) is 12.7. The number of hydrogen-bond donors (Lipinski definition) is 2. The van der Waals surface area contributed by atoms with Crippen LogP contribution in [0, 0.1) is 16.2 Å². The number of aldehydes is 1. The van der Waals surface area contributed by atoms with Crippen molar-refractivity contribution >= 4 is 12.2 Å². The van der Waals surface area contributed by atoms with Crippen molar-refractivity contribution in [3.8, 4) is 0 Å². The largest absolute Gasteiger partial charge is 0.354 e. The van der Waals surface area contributed by atoms with Gasteiger partial charge >= 0.3 is 0 Å². The van der Waals surface area contributed by atoms with Crippen molar-refractivity contribution in [2.45, 2.75) is 80.4 Å². The van der Waals surface area contributed by atoms with Crippen molar-refractivity contribution < 1.29 is 19.1 Å². The van der Waals surface area contributed by atoms with Gasteiger partial charge in [-0.1, -0.05) is 48.5 Å². The van der Waals surface area contributed by atoms with E-state index in [0.717, 1.165) is 19.3 Å². The van der Waals surface area contributed by atoms with Crippen molar-refractivity contribution in [1.29, 1.82) is 0 Å². The van der Waals surface area contributed by atoms with Gasteiger partial charge in [0, 0.05) is 31.3 Å². The highest BCUT2D eigenvalue weighted by atomic mass is 16.7. The topological polar surface area (TPSA) is 76.7 Å². The summed E-state index contributed by atoms with van der Waals surface area (Å²) in [7, 11) is 1.88. The molecule has 1 amide bonds. The molecule has 2 N–H and O–H groups in total. The second-order valence-electron chi connectivity index (χ2n) is 10.4. The lowest BCUT2D eigenvalue weighted by atomic mass is 9.72. The molecule has 0 aromatic rings. The number of likely N-dealkylation sites (N-methyl/N-ethyl adjacent to an activating group) is 1. The Morgan fingerprint density at radius 1 is 0.893 bits per heavy atom. The summed E-state index contributed by atoms with van der Waals surface area (Å²) in [5, 5.41) is 6.01. The van der Waals surface area contributed by atoms with Gasteiger partial charge in [0.2, 0.25) is 5.91 Å². The molecule has 166 valence electrons. The maximum Gasteiger partial charge on any atom is 0.220 e. The van der Waals surface area contributed by atoms with E-state index in [-0.39, 0.29) is 22.2 Å². The third kappa shape index (κ3) is 10.5. The number of hydrogen-bond acceptors (Lipinski definition) is 5. The van der Waals surface area contributed by atoms with Gasteiger partial charge in [0.1, 0.15) is 6.29 Å². The summed E-state index contributed by atoms with van der Waals surface area (Å²) in [6.07, 6.45) is 2.69. The summed E-state index contributed by atoms with van der Waals surface area (Å²) in [5.41, 5.74) is -0.474. The smallest absolute Gasteiger partial charge is 0.220 e. The van der Waals surface area contributed by atoms with Crippen LogP contribution in [0.4, 0.5) is 0 Å². The lowest BCUT2D eigenvalue weighted by Gasteiger charge is -2.41. The van der Waals surface area contributed by atoms with E-state index in [9.17, 15) is 9.59 Å². The van der Waals surface area contributed by atoms with E-state index in [4.69, 9.17) is 9.47 Å². The fraction of sp³-hybridized carbons (Fsp3) is 0.909. The molecule has 1 unspecified atom stereocenters. The van der Waals surface area contributed by atoms with Crippen LogP contribution in [0.5, 0.6) is 0 Å². The van der Waals surface area contributed by atoms with Gasteiger partial charge in [0.05, 0.1) is 13.2 Å². The Balaban J connectivity index is 4.49. The molecule has 0 radical (unpaired) electrons. The average Bonchev–Trinajstić information content (AvgIpc) is 2.49. The van der Waals surface area contributed by atoms with Crippen LogP contribution in [0.1, 0.15) is 74.7 Å². The number of ether oxygens (including phenoxy) is 2. The molecular weight excluding hydrogens is 356 g/mol. The Kier molecular flexibility index (Phi) is 10.9. The molecule has 6 heteroatoms. The van der Waals surface area contributed by atoms with Gasteiger partial charge in [0.15, 0.2) is 5.79 Å². The van der Waals surface area contributed by atoms with Crippen LogP contribution >= 0.6 is 0 Å². The molecular formula is C22H44N2O4. The predicted molar refractivity (Wildman–Crippen MR) is 114 cm³/mol. The van der Waals surface area contributed by atoms with E-state index in [2.05, 4.69) is 59.1 Å². The fourth-order valence-corrected chi connectivity index (χ4v) is 3.41. The number of nitrogens with one attached hydrogen (secondary N) is 2. The van der Waals surface area contributed by atoms with Gasteiger partial charge < -0.3 is 24.9 Å². The van der Waals surface area contributed by atoms with E-state index in [1.807, 2.05) is 14.0 Å². The van der Waals surface area contributed by atoms with E-state index in [0.29, 0.717) is 32.6 Å². The summed E-state index contributed by atoms with van der Waals surface area (Å²) in [5.74, 6) is -0.726. The number of rotatable bonds is 14. The van der Waals surface area contributed by atoms with Gasteiger partial charge in [-0.15, -0.1) is 0 Å². The zero-order valence-corrected chi connectivity index (χ0v) is 19.7. The molecule has 0 heterocycles. The second kappa shape index (κ2) is 11.3. The molecule has 28 heavy (non-hydrogen) atoms. The highest BCUT2D eigenvalue weighted by Gasteiger charge is 2.39. The number of carbonyl (C=O) groups excluding carboxylic acids is 2. The number of carbonyl (C=O) groups is 2. The molecule has 0 aromatic carbocycles. The molecule has 0 rings (SSSR count). The Morgan fingerprint density at radius 2 is 1.43 bits per heavy atom. The summed E-state index contributed by atoms with van der Waals surface area (Å²) < 4.78 is 12.0. The minimum absolute atomic E-state index is 0.00376. The van der Waals surface area contributed by atoms with Gasteiger partial charge in [0.25, 0.3) is 0 Å². The summed E-state index contributed by atoms with van der Waals surface area (Å²) in [6, 6.07) is 0. The third-order valence-corrected chi connectivity index (χ3v) is 5.13. The molecule has 0 bridgehead atoms. The van der Waals surface area contributed by atoms with Gasteiger partial charge in [-0.3, -0.25) is 4.79 Å². The monoisotopic (exact) mass is 400 g/mol. The summed E-state index contributed by atoms with van der Waals surface area (Å²) in [6.45, 7) is 18.6. The molecule has 0 aliphatic heterocycles. The van der Waals surface area contributed by atoms with Crippen molar-refractivity contribution in [2.24, 2.45) is 16.2 Å². The molecule has 0 saturated heterocycles. The maximum absolute atomic E-state index is 12.4. The van der Waals surface area contributed by atoms with E-state index in [1.165, 1.54) is 0 Å². The zero-order chi connectivity index (χ0) is 22.1. The fourth-order valence-electron chi connectivity index (χ4n) is 3.41. The van der Waals surface area contributed by atoms with Crippen LogP contribution in [0.15, 0.2) is 0 Å². The lowest BCUT2D eigenvalue weighted by molar-refractivity contribution is -0.276. The average molecular weight is 401 g/mol. The van der Waals surface area contributed by atoms with E-state index < -0.39 is 5.79 Å². The van der Waals surface area contributed by atoms with Crippen LogP contribution in [0.25, 0.3) is 0 Å². The third-order valence-electron chi connectivity index (χ3n) is 5.13. The Labute approximate surface area is 172 Å². The van der Waals surface area contributed by atoms with Crippen molar-refractivity contribution in [3.63, 3.8) is 0 Å². The van der Waals surface area contributed by atoms with Crippen molar-refractivity contribution in [1.82, 2.24) is 10.6 Å². The predicted octanol–water partition coefficient (Wildman–Crippen LogP) is 3.54. The van der Waals surface area contributed by atoms with Crippen LogP contribution in [-0.4, -0.2) is 51.3 Å². The van der Waals surface area contributed by atoms with E-state index in [1.54, 1.807) is 0 Å². The van der Waals surface area contributed by atoms with Crippen LogP contribution in [0.2, 0.25) is 0 Å². The first kappa shape index (κ1) is 27.0. The van der Waals surface area contributed by atoms with Crippen molar-refractivity contribution in [2.75, 3.05) is 33.4 Å². The Bertz CT molecular complexity index is 483. The second-order valence-corrected chi connectivity index (χ2v) is 10.4. The molecule has 0 spiro atoms. The van der Waals surface area contributed by atoms with Crippen molar-refractivity contribution in [3.05, 3.63) is 0 Å². The highest BCUT2D eigenvalue weighted by Crippen LogP contribution is 2.38. The molecule has 0 saturated carbocycles.